The van der Waals surface area contributed by atoms with Crippen molar-refractivity contribution in [2.45, 2.75) is 32.4 Å². The molecular weight excluding hydrogens is 394 g/mol. The SMILES string of the molecule is O=C(OCc1cc(=O)oc2cc3c(cc12)CCC3)c1ccccc1NCc1ccco1. The number of furan rings is 1. The van der Waals surface area contributed by atoms with E-state index in [9.17, 15) is 9.59 Å². The molecule has 1 N–H and O–H groups in total. The largest absolute Gasteiger partial charge is 0.467 e. The summed E-state index contributed by atoms with van der Waals surface area (Å²) >= 11 is 0. The second kappa shape index (κ2) is 8.14. The minimum Gasteiger partial charge on any atom is -0.467 e. The number of para-hydroxylation sites is 1. The van der Waals surface area contributed by atoms with Gasteiger partial charge in [-0.2, -0.15) is 0 Å². The van der Waals surface area contributed by atoms with Crippen LogP contribution in [0.2, 0.25) is 0 Å². The molecule has 0 bridgehead atoms. The molecular formula is C25H21NO5. The number of aryl methyl sites for hydroxylation is 2. The Bertz CT molecular complexity index is 1300. The van der Waals surface area contributed by atoms with Crippen molar-refractivity contribution in [1.82, 2.24) is 0 Å². The molecule has 0 unspecified atom stereocenters. The minimum absolute atomic E-state index is 0.00770. The summed E-state index contributed by atoms with van der Waals surface area (Å²) in [6.07, 6.45) is 4.71. The van der Waals surface area contributed by atoms with Crippen molar-refractivity contribution in [2.75, 3.05) is 5.32 Å². The molecule has 0 spiro atoms. The number of benzene rings is 2. The van der Waals surface area contributed by atoms with E-state index in [0.29, 0.717) is 28.9 Å². The number of nitrogens with one attached hydrogen (secondary N) is 1. The number of anilines is 1. The van der Waals surface area contributed by atoms with Crippen LogP contribution in [0.1, 0.15) is 39.2 Å². The third-order valence-corrected chi connectivity index (χ3v) is 5.58. The predicted octanol–water partition coefficient (Wildman–Crippen LogP) is 4.84. The molecule has 4 aromatic rings. The molecule has 6 heteroatoms. The smallest absolute Gasteiger partial charge is 0.340 e. The van der Waals surface area contributed by atoms with Gasteiger partial charge in [-0.3, -0.25) is 0 Å². The normalized spacial score (nSPS) is 12.6. The highest BCUT2D eigenvalue weighted by atomic mass is 16.5. The van der Waals surface area contributed by atoms with Gasteiger partial charge in [0.05, 0.1) is 18.4 Å². The molecule has 6 nitrogen and oxygen atoms in total. The van der Waals surface area contributed by atoms with E-state index in [1.807, 2.05) is 30.3 Å². The zero-order valence-corrected chi connectivity index (χ0v) is 16.9. The summed E-state index contributed by atoms with van der Waals surface area (Å²) in [7, 11) is 0. The Morgan fingerprint density at radius 3 is 2.71 bits per heavy atom. The highest BCUT2D eigenvalue weighted by Gasteiger charge is 2.17. The minimum atomic E-state index is -0.468. The fraction of sp³-hybridized carbons (Fsp3) is 0.200. The number of fused-ring (bicyclic) bond motifs is 2. The van der Waals surface area contributed by atoms with Crippen LogP contribution in [0, 0.1) is 0 Å². The highest BCUT2D eigenvalue weighted by molar-refractivity contribution is 5.95. The van der Waals surface area contributed by atoms with Gasteiger partial charge in [0.1, 0.15) is 18.0 Å². The molecule has 0 saturated carbocycles. The number of hydrogen-bond acceptors (Lipinski definition) is 6. The second-order valence-electron chi connectivity index (χ2n) is 7.62. The molecule has 156 valence electrons. The Hall–Kier alpha value is -3.80. The van der Waals surface area contributed by atoms with Crippen molar-refractivity contribution in [3.8, 4) is 0 Å². The van der Waals surface area contributed by atoms with E-state index in [4.69, 9.17) is 13.6 Å². The van der Waals surface area contributed by atoms with Crippen molar-refractivity contribution in [3.05, 3.63) is 99.3 Å². The lowest BCUT2D eigenvalue weighted by Gasteiger charge is -2.12. The Morgan fingerprint density at radius 1 is 1.03 bits per heavy atom. The number of hydrogen-bond donors (Lipinski definition) is 1. The van der Waals surface area contributed by atoms with E-state index in [-0.39, 0.29) is 6.61 Å². The first-order valence-corrected chi connectivity index (χ1v) is 10.3. The summed E-state index contributed by atoms with van der Waals surface area (Å²) in [6, 6.07) is 16.2. The van der Waals surface area contributed by atoms with Gasteiger partial charge in [-0.15, -0.1) is 0 Å². The van der Waals surface area contributed by atoms with Gasteiger partial charge in [-0.05, 0) is 66.8 Å². The van der Waals surface area contributed by atoms with Crippen LogP contribution in [0.25, 0.3) is 11.0 Å². The van der Waals surface area contributed by atoms with Gasteiger partial charge in [0.2, 0.25) is 0 Å². The average molecular weight is 415 g/mol. The lowest BCUT2D eigenvalue weighted by molar-refractivity contribution is 0.0475. The first-order valence-electron chi connectivity index (χ1n) is 10.3. The molecule has 31 heavy (non-hydrogen) atoms. The summed E-state index contributed by atoms with van der Waals surface area (Å²) in [5.41, 5.74) is 4.30. The molecule has 2 aromatic carbocycles. The van der Waals surface area contributed by atoms with Gasteiger partial charge >= 0.3 is 11.6 Å². The van der Waals surface area contributed by atoms with E-state index in [1.54, 1.807) is 18.4 Å². The van der Waals surface area contributed by atoms with Crippen LogP contribution in [0.15, 0.2) is 74.5 Å². The molecule has 1 aliphatic rings. The molecule has 2 heterocycles. The van der Waals surface area contributed by atoms with Crippen molar-refractivity contribution in [3.63, 3.8) is 0 Å². The number of carbonyl (C=O) groups is 1. The van der Waals surface area contributed by atoms with Gasteiger partial charge in [0, 0.05) is 22.7 Å². The number of esters is 1. The van der Waals surface area contributed by atoms with Crippen molar-refractivity contribution >= 4 is 22.6 Å². The zero-order valence-electron chi connectivity index (χ0n) is 16.9. The number of rotatable bonds is 6. The second-order valence-corrected chi connectivity index (χ2v) is 7.62. The molecule has 0 amide bonds. The summed E-state index contributed by atoms with van der Waals surface area (Å²) < 4.78 is 16.3. The van der Waals surface area contributed by atoms with Crippen LogP contribution in [-0.2, 0) is 30.7 Å². The summed E-state index contributed by atoms with van der Waals surface area (Å²) in [5, 5.41) is 4.02. The molecule has 0 fully saturated rings. The first-order chi connectivity index (χ1) is 15.2. The molecule has 0 saturated heterocycles. The maximum Gasteiger partial charge on any atom is 0.340 e. The lowest BCUT2D eigenvalue weighted by Crippen LogP contribution is -2.11. The van der Waals surface area contributed by atoms with E-state index in [0.717, 1.165) is 30.4 Å². The molecule has 5 rings (SSSR count). The number of carbonyl (C=O) groups excluding carboxylic acids is 1. The molecule has 0 atom stereocenters. The van der Waals surface area contributed by atoms with Crippen LogP contribution >= 0.6 is 0 Å². The topological polar surface area (TPSA) is 81.7 Å². The quantitative estimate of drug-likeness (QED) is 0.358. The highest BCUT2D eigenvalue weighted by Crippen LogP contribution is 2.29. The fourth-order valence-corrected chi connectivity index (χ4v) is 4.05. The summed E-state index contributed by atoms with van der Waals surface area (Å²) in [6.45, 7) is 0.443. The third-order valence-electron chi connectivity index (χ3n) is 5.58. The van der Waals surface area contributed by atoms with E-state index in [2.05, 4.69) is 11.4 Å². The molecule has 1 aliphatic carbocycles. The van der Waals surface area contributed by atoms with Crippen LogP contribution in [0.5, 0.6) is 0 Å². The Labute approximate surface area is 178 Å². The van der Waals surface area contributed by atoms with Gasteiger partial charge in [0.15, 0.2) is 0 Å². The Kier molecular flexibility index (Phi) is 5.04. The molecule has 2 aromatic heterocycles. The van der Waals surface area contributed by atoms with Gasteiger partial charge in [0.25, 0.3) is 0 Å². The first kappa shape index (κ1) is 19.2. The van der Waals surface area contributed by atoms with Crippen molar-refractivity contribution in [2.24, 2.45) is 0 Å². The van der Waals surface area contributed by atoms with Crippen LogP contribution in [-0.4, -0.2) is 5.97 Å². The van der Waals surface area contributed by atoms with E-state index < -0.39 is 11.6 Å². The Balaban J connectivity index is 1.36. The predicted molar refractivity (Wildman–Crippen MR) is 116 cm³/mol. The van der Waals surface area contributed by atoms with Gasteiger partial charge in [-0.25, -0.2) is 9.59 Å². The summed E-state index contributed by atoms with van der Waals surface area (Å²) in [5.74, 6) is 0.295. The van der Waals surface area contributed by atoms with Crippen molar-refractivity contribution in [1.29, 1.82) is 0 Å². The van der Waals surface area contributed by atoms with Crippen LogP contribution in [0.3, 0.4) is 0 Å². The maximum absolute atomic E-state index is 12.8. The zero-order chi connectivity index (χ0) is 21.2. The summed E-state index contributed by atoms with van der Waals surface area (Å²) in [4.78, 5) is 24.9. The van der Waals surface area contributed by atoms with Crippen molar-refractivity contribution < 1.29 is 18.4 Å². The molecule has 0 radical (unpaired) electrons. The van der Waals surface area contributed by atoms with Crippen LogP contribution < -0.4 is 10.9 Å². The monoisotopic (exact) mass is 415 g/mol. The van der Waals surface area contributed by atoms with Crippen LogP contribution in [0.4, 0.5) is 5.69 Å². The molecule has 0 aliphatic heterocycles. The number of ether oxygens (including phenoxy) is 1. The van der Waals surface area contributed by atoms with E-state index >= 15 is 0 Å². The standard InChI is InChI=1S/C25H21NO5/c27-24-13-18(21-11-16-5-3-6-17(16)12-23(21)31-24)15-30-25(28)20-8-1-2-9-22(20)26-14-19-7-4-10-29-19/h1-2,4,7-13,26H,3,5-6,14-15H2. The van der Waals surface area contributed by atoms with Gasteiger partial charge < -0.3 is 18.9 Å². The average Bonchev–Trinajstić information content (AvgIpc) is 3.46. The fourth-order valence-electron chi connectivity index (χ4n) is 4.05. The maximum atomic E-state index is 12.8. The lowest BCUT2D eigenvalue weighted by atomic mass is 10.0. The van der Waals surface area contributed by atoms with E-state index in [1.165, 1.54) is 17.2 Å². The van der Waals surface area contributed by atoms with Gasteiger partial charge in [-0.1, -0.05) is 12.1 Å². The third kappa shape index (κ3) is 3.97. The Morgan fingerprint density at radius 2 is 1.87 bits per heavy atom.